The molecule has 28 heavy (non-hydrogen) atoms. The summed E-state index contributed by atoms with van der Waals surface area (Å²) in [6, 6.07) is 8.73. The van der Waals surface area contributed by atoms with Crippen LogP contribution >= 0.6 is 23.1 Å². The number of hydrogen-bond donors (Lipinski definition) is 0. The first-order valence-electron chi connectivity index (χ1n) is 8.14. The molecule has 0 spiro atoms. The van der Waals surface area contributed by atoms with Crippen LogP contribution in [0.15, 0.2) is 63.9 Å². The molecule has 0 atom stereocenters. The van der Waals surface area contributed by atoms with E-state index in [4.69, 9.17) is 4.42 Å². The molecule has 0 aliphatic heterocycles. The van der Waals surface area contributed by atoms with Crippen LogP contribution in [0.2, 0.25) is 0 Å². The first-order valence-corrected chi connectivity index (χ1v) is 10.0. The summed E-state index contributed by atoms with van der Waals surface area (Å²) in [5.41, 5.74) is 0.826. The Morgan fingerprint density at radius 3 is 2.68 bits per heavy atom. The van der Waals surface area contributed by atoms with Gasteiger partial charge in [0.25, 0.3) is 0 Å². The molecule has 5 nitrogen and oxygen atoms in total. The topological polar surface area (TPSA) is 56.7 Å². The summed E-state index contributed by atoms with van der Waals surface area (Å²) in [7, 11) is 0. The summed E-state index contributed by atoms with van der Waals surface area (Å²) in [5, 5.41) is 11.4. The average Bonchev–Trinajstić information content (AvgIpc) is 3.42. The molecule has 0 unspecified atom stereocenters. The van der Waals surface area contributed by atoms with Crippen LogP contribution < -0.4 is 0 Å². The standard InChI is InChI=1S/C18H13F3N4OS2/c19-18(20,21)13-5-3-12(4-6-13)16-23-14(9-27-16)10-28-17-24-22-11-25(17)8-15-2-1-7-26-15/h1-7,9,11H,8,10H2. The van der Waals surface area contributed by atoms with Gasteiger partial charge in [0.2, 0.25) is 0 Å². The van der Waals surface area contributed by atoms with E-state index in [1.807, 2.05) is 22.1 Å². The quantitative estimate of drug-likeness (QED) is 0.392. The number of rotatable bonds is 6. The van der Waals surface area contributed by atoms with Gasteiger partial charge >= 0.3 is 6.18 Å². The molecular formula is C18H13F3N4OS2. The Labute approximate surface area is 166 Å². The summed E-state index contributed by atoms with van der Waals surface area (Å²) >= 11 is 2.88. The number of halogens is 3. The van der Waals surface area contributed by atoms with Crippen molar-refractivity contribution in [1.82, 2.24) is 19.7 Å². The fourth-order valence-corrected chi connectivity index (χ4v) is 4.22. The Kier molecular flexibility index (Phi) is 5.23. The van der Waals surface area contributed by atoms with E-state index in [1.165, 1.54) is 35.2 Å². The minimum absolute atomic E-state index is 0.538. The van der Waals surface area contributed by atoms with Crippen molar-refractivity contribution < 1.29 is 17.6 Å². The van der Waals surface area contributed by atoms with Gasteiger partial charge < -0.3 is 8.98 Å². The average molecular weight is 422 g/mol. The lowest BCUT2D eigenvalue weighted by Gasteiger charge is -2.06. The Balaban J connectivity index is 1.41. The molecule has 3 heterocycles. The van der Waals surface area contributed by atoms with Crippen LogP contribution in [-0.4, -0.2) is 19.7 Å². The van der Waals surface area contributed by atoms with Crippen molar-refractivity contribution in [3.63, 3.8) is 0 Å². The third-order valence-corrected chi connectivity index (χ3v) is 5.80. The van der Waals surface area contributed by atoms with E-state index < -0.39 is 11.7 Å². The van der Waals surface area contributed by atoms with E-state index in [0.717, 1.165) is 28.7 Å². The number of hydrogen-bond acceptors (Lipinski definition) is 6. The second-order valence-electron chi connectivity index (χ2n) is 5.83. The zero-order chi connectivity index (χ0) is 19.6. The number of alkyl halides is 3. The van der Waals surface area contributed by atoms with E-state index in [9.17, 15) is 13.2 Å². The first kappa shape index (κ1) is 18.8. The Hall–Kier alpha value is -2.59. The number of thiazole rings is 1. The van der Waals surface area contributed by atoms with E-state index in [0.29, 0.717) is 22.9 Å². The van der Waals surface area contributed by atoms with Crippen molar-refractivity contribution in [2.45, 2.75) is 23.6 Å². The van der Waals surface area contributed by atoms with Crippen LogP contribution in [0.1, 0.15) is 17.0 Å². The van der Waals surface area contributed by atoms with Crippen LogP contribution in [0.3, 0.4) is 0 Å². The number of nitrogens with zero attached hydrogens (tertiary/aromatic N) is 4. The van der Waals surface area contributed by atoms with Crippen molar-refractivity contribution in [3.8, 4) is 10.6 Å². The minimum Gasteiger partial charge on any atom is -0.467 e. The number of aromatic nitrogens is 4. The predicted octanol–water partition coefficient (Wildman–Crippen LogP) is 5.35. The maximum absolute atomic E-state index is 12.7. The Morgan fingerprint density at radius 2 is 1.96 bits per heavy atom. The molecule has 4 rings (SSSR count). The second kappa shape index (κ2) is 7.80. The summed E-state index contributed by atoms with van der Waals surface area (Å²) in [5.74, 6) is 1.38. The van der Waals surface area contributed by atoms with Crippen molar-refractivity contribution in [1.29, 1.82) is 0 Å². The molecule has 4 aromatic rings. The van der Waals surface area contributed by atoms with Gasteiger partial charge in [-0.2, -0.15) is 13.2 Å². The summed E-state index contributed by atoms with van der Waals surface area (Å²) in [6.07, 6.45) is -1.08. The zero-order valence-corrected chi connectivity index (χ0v) is 15.9. The summed E-state index contributed by atoms with van der Waals surface area (Å²) < 4.78 is 45.3. The molecule has 0 N–H and O–H groups in total. The van der Waals surface area contributed by atoms with Crippen LogP contribution in [0, 0.1) is 0 Å². The highest BCUT2D eigenvalue weighted by atomic mass is 32.2. The molecular weight excluding hydrogens is 409 g/mol. The molecule has 0 saturated heterocycles. The number of thioether (sulfide) groups is 1. The van der Waals surface area contributed by atoms with E-state index >= 15 is 0 Å². The molecule has 0 radical (unpaired) electrons. The maximum atomic E-state index is 12.7. The highest BCUT2D eigenvalue weighted by Crippen LogP contribution is 2.32. The SMILES string of the molecule is FC(F)(F)c1ccc(-c2nc(CSc3nncn3Cc3ccco3)cs2)cc1. The molecule has 0 aliphatic rings. The van der Waals surface area contributed by atoms with Crippen LogP contribution in [0.25, 0.3) is 10.6 Å². The maximum Gasteiger partial charge on any atom is 0.416 e. The van der Waals surface area contributed by atoms with Crippen molar-refractivity contribution >= 4 is 23.1 Å². The third-order valence-electron chi connectivity index (χ3n) is 3.85. The molecule has 10 heteroatoms. The van der Waals surface area contributed by atoms with Gasteiger partial charge in [0.05, 0.1) is 24.1 Å². The van der Waals surface area contributed by atoms with Crippen molar-refractivity contribution in [2.24, 2.45) is 0 Å². The molecule has 3 aromatic heterocycles. The van der Waals surface area contributed by atoms with Crippen LogP contribution in [0.4, 0.5) is 13.2 Å². The largest absolute Gasteiger partial charge is 0.467 e. The van der Waals surface area contributed by atoms with Crippen LogP contribution in [0.5, 0.6) is 0 Å². The normalized spacial score (nSPS) is 11.8. The fourth-order valence-electron chi connectivity index (χ4n) is 2.48. The van der Waals surface area contributed by atoms with Gasteiger partial charge in [-0.05, 0) is 24.3 Å². The molecule has 0 saturated carbocycles. The lowest BCUT2D eigenvalue weighted by Crippen LogP contribution is -2.03. The lowest BCUT2D eigenvalue weighted by atomic mass is 10.1. The van der Waals surface area contributed by atoms with Crippen molar-refractivity contribution in [3.05, 3.63) is 71.4 Å². The van der Waals surface area contributed by atoms with Gasteiger partial charge in [0, 0.05) is 16.7 Å². The molecule has 1 aromatic carbocycles. The minimum atomic E-state index is -4.34. The van der Waals surface area contributed by atoms with Gasteiger partial charge in [-0.3, -0.25) is 0 Å². The molecule has 144 valence electrons. The lowest BCUT2D eigenvalue weighted by molar-refractivity contribution is -0.137. The van der Waals surface area contributed by atoms with Gasteiger partial charge in [0.15, 0.2) is 5.16 Å². The monoisotopic (exact) mass is 422 g/mol. The van der Waals surface area contributed by atoms with Gasteiger partial charge in [-0.25, -0.2) is 4.98 Å². The molecule has 0 bridgehead atoms. The molecule has 0 aliphatic carbocycles. The molecule has 0 amide bonds. The fraction of sp³-hybridized carbons (Fsp3) is 0.167. The summed E-state index contributed by atoms with van der Waals surface area (Å²) in [6.45, 7) is 0.538. The zero-order valence-electron chi connectivity index (χ0n) is 14.3. The van der Waals surface area contributed by atoms with Crippen molar-refractivity contribution in [2.75, 3.05) is 0 Å². The van der Waals surface area contributed by atoms with Gasteiger partial charge in [-0.15, -0.1) is 21.5 Å². The van der Waals surface area contributed by atoms with E-state index in [1.54, 1.807) is 12.6 Å². The van der Waals surface area contributed by atoms with Gasteiger partial charge in [0.1, 0.15) is 17.1 Å². The second-order valence-corrected chi connectivity index (χ2v) is 7.63. The molecule has 0 fully saturated rings. The van der Waals surface area contributed by atoms with Crippen LogP contribution in [-0.2, 0) is 18.5 Å². The third kappa shape index (κ3) is 4.28. The first-order chi connectivity index (χ1) is 13.5. The van der Waals surface area contributed by atoms with E-state index in [2.05, 4.69) is 15.2 Å². The Morgan fingerprint density at radius 1 is 1.14 bits per heavy atom. The number of furan rings is 1. The summed E-state index contributed by atoms with van der Waals surface area (Å²) in [4.78, 5) is 4.52. The van der Waals surface area contributed by atoms with E-state index in [-0.39, 0.29) is 0 Å². The number of benzene rings is 1. The Bertz CT molecular complexity index is 1040. The predicted molar refractivity (Wildman–Crippen MR) is 99.9 cm³/mol. The highest BCUT2D eigenvalue weighted by molar-refractivity contribution is 7.98. The smallest absolute Gasteiger partial charge is 0.416 e. The van der Waals surface area contributed by atoms with Gasteiger partial charge in [-0.1, -0.05) is 23.9 Å². The highest BCUT2D eigenvalue weighted by Gasteiger charge is 2.30.